The third kappa shape index (κ3) is 5.37. The number of hydrogen-bond acceptors (Lipinski definition) is 4. The Morgan fingerprint density at radius 1 is 1.00 bits per heavy atom. The van der Waals surface area contributed by atoms with Crippen LogP contribution in [0.25, 0.3) is 0 Å². The third-order valence-corrected chi connectivity index (χ3v) is 4.11. The van der Waals surface area contributed by atoms with E-state index in [9.17, 15) is 4.79 Å². The van der Waals surface area contributed by atoms with Crippen molar-refractivity contribution in [3.8, 4) is 11.5 Å². The monoisotopic (exact) mass is 360 g/mol. The number of halogens is 1. The smallest absolute Gasteiger partial charge is 0.225 e. The van der Waals surface area contributed by atoms with Crippen LogP contribution in [0.1, 0.15) is 12.0 Å². The Morgan fingerprint density at radius 2 is 1.76 bits per heavy atom. The van der Waals surface area contributed by atoms with Gasteiger partial charge in [-0.1, -0.05) is 23.7 Å². The highest BCUT2D eigenvalue weighted by atomic mass is 35.5. The van der Waals surface area contributed by atoms with Crippen LogP contribution in [0.5, 0.6) is 11.5 Å². The number of anilines is 1. The lowest BCUT2D eigenvalue weighted by molar-refractivity contribution is -0.116. The third-order valence-electron chi connectivity index (χ3n) is 3.86. The van der Waals surface area contributed by atoms with Crippen molar-refractivity contribution in [2.45, 2.75) is 12.8 Å². The van der Waals surface area contributed by atoms with Crippen molar-refractivity contribution in [1.29, 1.82) is 0 Å². The molecule has 0 saturated heterocycles. The van der Waals surface area contributed by atoms with Crippen LogP contribution >= 0.6 is 11.6 Å². The summed E-state index contributed by atoms with van der Waals surface area (Å²) in [4.78, 5) is 12.0. The predicted molar refractivity (Wildman–Crippen MR) is 98.7 cm³/mol. The maximum absolute atomic E-state index is 12.0. The molecule has 0 radical (unpaired) electrons. The molecule has 1 aliphatic rings. The first-order valence-electron chi connectivity index (χ1n) is 8.35. The lowest BCUT2D eigenvalue weighted by Gasteiger charge is -2.19. The van der Waals surface area contributed by atoms with Crippen molar-refractivity contribution in [1.82, 2.24) is 5.32 Å². The van der Waals surface area contributed by atoms with Crippen molar-refractivity contribution in [2.75, 3.05) is 31.6 Å². The van der Waals surface area contributed by atoms with Crippen LogP contribution in [0.3, 0.4) is 0 Å². The van der Waals surface area contributed by atoms with Crippen molar-refractivity contribution < 1.29 is 14.3 Å². The van der Waals surface area contributed by atoms with Gasteiger partial charge in [-0.25, -0.2) is 0 Å². The second kappa shape index (κ2) is 8.74. The maximum Gasteiger partial charge on any atom is 0.225 e. The van der Waals surface area contributed by atoms with Gasteiger partial charge in [0.2, 0.25) is 5.91 Å². The zero-order valence-electron chi connectivity index (χ0n) is 13.9. The van der Waals surface area contributed by atoms with Gasteiger partial charge in [0, 0.05) is 29.7 Å². The number of hydrogen-bond donors (Lipinski definition) is 2. The van der Waals surface area contributed by atoms with E-state index in [2.05, 4.69) is 10.6 Å². The second-order valence-electron chi connectivity index (χ2n) is 5.78. The molecule has 5 nitrogen and oxygen atoms in total. The van der Waals surface area contributed by atoms with E-state index >= 15 is 0 Å². The van der Waals surface area contributed by atoms with Crippen LogP contribution < -0.4 is 20.1 Å². The Balaban J connectivity index is 1.36. The van der Waals surface area contributed by atoms with Crippen LogP contribution in [-0.2, 0) is 11.2 Å². The van der Waals surface area contributed by atoms with E-state index in [1.807, 2.05) is 36.4 Å². The molecule has 2 N–H and O–H groups in total. The van der Waals surface area contributed by atoms with Gasteiger partial charge >= 0.3 is 0 Å². The molecule has 1 heterocycles. The average molecular weight is 361 g/mol. The molecular formula is C19H21ClN2O3. The molecule has 0 spiro atoms. The number of nitrogens with one attached hydrogen (secondary N) is 2. The quantitative estimate of drug-likeness (QED) is 0.744. The minimum absolute atomic E-state index is 0.0318. The zero-order valence-corrected chi connectivity index (χ0v) is 14.6. The lowest BCUT2D eigenvalue weighted by Crippen LogP contribution is -2.23. The fourth-order valence-electron chi connectivity index (χ4n) is 2.56. The molecule has 2 aromatic carbocycles. The minimum atomic E-state index is -0.0318. The summed E-state index contributed by atoms with van der Waals surface area (Å²) in [5.74, 6) is 1.36. The average Bonchev–Trinajstić information content (AvgIpc) is 2.63. The number of ether oxygens (including phenoxy) is 2. The van der Waals surface area contributed by atoms with Crippen LogP contribution in [0.4, 0.5) is 5.69 Å². The molecule has 0 aliphatic carbocycles. The van der Waals surface area contributed by atoms with E-state index in [1.165, 1.54) is 5.56 Å². The van der Waals surface area contributed by atoms with Gasteiger partial charge in [0.05, 0.1) is 0 Å². The topological polar surface area (TPSA) is 59.6 Å². The van der Waals surface area contributed by atoms with Crippen molar-refractivity contribution in [3.05, 3.63) is 53.1 Å². The van der Waals surface area contributed by atoms with E-state index < -0.39 is 0 Å². The molecule has 0 unspecified atom stereocenters. The van der Waals surface area contributed by atoms with Crippen LogP contribution in [0.15, 0.2) is 42.5 Å². The summed E-state index contributed by atoms with van der Waals surface area (Å²) in [6.45, 7) is 2.53. The van der Waals surface area contributed by atoms with Crippen LogP contribution in [0, 0.1) is 0 Å². The van der Waals surface area contributed by atoms with Gasteiger partial charge in [0.15, 0.2) is 11.5 Å². The number of carbonyl (C=O) groups is 1. The van der Waals surface area contributed by atoms with Gasteiger partial charge in [-0.2, -0.15) is 0 Å². The van der Waals surface area contributed by atoms with Crippen LogP contribution in [-0.4, -0.2) is 32.2 Å². The van der Waals surface area contributed by atoms with E-state index in [1.54, 1.807) is 6.07 Å². The van der Waals surface area contributed by atoms with Crippen molar-refractivity contribution in [3.63, 3.8) is 0 Å². The highest BCUT2D eigenvalue weighted by molar-refractivity contribution is 6.30. The van der Waals surface area contributed by atoms with E-state index in [4.69, 9.17) is 21.1 Å². The summed E-state index contributed by atoms with van der Waals surface area (Å²) in [5.41, 5.74) is 1.94. The van der Waals surface area contributed by atoms with Crippen molar-refractivity contribution >= 4 is 23.2 Å². The number of carbonyl (C=O) groups excluding carboxylic acids is 1. The molecule has 1 amide bonds. The van der Waals surface area contributed by atoms with Crippen molar-refractivity contribution in [2.24, 2.45) is 0 Å². The van der Waals surface area contributed by atoms with E-state index in [0.29, 0.717) is 37.7 Å². The van der Waals surface area contributed by atoms with E-state index in [-0.39, 0.29) is 5.91 Å². The summed E-state index contributed by atoms with van der Waals surface area (Å²) >= 11 is 5.86. The molecule has 0 aromatic heterocycles. The Bertz CT molecular complexity index is 719. The fourth-order valence-corrected chi connectivity index (χ4v) is 2.68. The summed E-state index contributed by atoms with van der Waals surface area (Å²) < 4.78 is 11.0. The Labute approximate surface area is 152 Å². The maximum atomic E-state index is 12.0. The van der Waals surface area contributed by atoms with Gasteiger partial charge in [-0.3, -0.25) is 4.79 Å². The molecule has 0 atom stereocenters. The molecule has 3 rings (SSSR count). The Morgan fingerprint density at radius 3 is 2.56 bits per heavy atom. The fraction of sp³-hybridized carbons (Fsp3) is 0.316. The van der Waals surface area contributed by atoms with Crippen LogP contribution in [0.2, 0.25) is 5.02 Å². The lowest BCUT2D eigenvalue weighted by atomic mass is 10.1. The van der Waals surface area contributed by atoms with E-state index in [0.717, 1.165) is 23.7 Å². The van der Waals surface area contributed by atoms with Gasteiger partial charge in [-0.15, -0.1) is 0 Å². The molecule has 0 bridgehead atoms. The van der Waals surface area contributed by atoms with Gasteiger partial charge < -0.3 is 20.1 Å². The minimum Gasteiger partial charge on any atom is -0.486 e. The Kier molecular flexibility index (Phi) is 6.14. The second-order valence-corrected chi connectivity index (χ2v) is 6.22. The predicted octanol–water partition coefficient (Wildman–Crippen LogP) is 3.27. The first-order valence-corrected chi connectivity index (χ1v) is 8.73. The normalized spacial score (nSPS) is 12.7. The summed E-state index contributed by atoms with van der Waals surface area (Å²) in [7, 11) is 0. The Hall–Kier alpha value is -2.24. The number of benzene rings is 2. The largest absolute Gasteiger partial charge is 0.486 e. The summed E-state index contributed by atoms with van der Waals surface area (Å²) in [6.07, 6.45) is 1.32. The molecule has 2 aromatic rings. The standard InChI is InChI=1S/C19H21ClN2O3/c20-15-3-1-14(2-4-15)7-9-21-10-8-19(23)22-16-5-6-17-18(13-16)25-12-11-24-17/h1-6,13,21H,7-12H2,(H,22,23). The number of rotatable bonds is 7. The first kappa shape index (κ1) is 17.6. The SMILES string of the molecule is O=C(CCNCCc1ccc(Cl)cc1)Nc1ccc2c(c1)OCCO2. The van der Waals surface area contributed by atoms with Gasteiger partial charge in [-0.05, 0) is 42.8 Å². The molecule has 0 saturated carbocycles. The molecule has 25 heavy (non-hydrogen) atoms. The highest BCUT2D eigenvalue weighted by Crippen LogP contribution is 2.32. The molecule has 132 valence electrons. The highest BCUT2D eigenvalue weighted by Gasteiger charge is 2.12. The van der Waals surface area contributed by atoms with Gasteiger partial charge in [0.25, 0.3) is 0 Å². The molecular weight excluding hydrogens is 340 g/mol. The summed E-state index contributed by atoms with van der Waals surface area (Å²) in [5, 5.41) is 6.90. The first-order chi connectivity index (χ1) is 12.2. The zero-order chi connectivity index (χ0) is 17.5. The van der Waals surface area contributed by atoms with Gasteiger partial charge in [0.1, 0.15) is 13.2 Å². The molecule has 6 heteroatoms. The number of fused-ring (bicyclic) bond motifs is 1. The number of amides is 1. The summed E-state index contributed by atoms with van der Waals surface area (Å²) in [6, 6.07) is 13.2. The molecule has 1 aliphatic heterocycles. The molecule has 0 fully saturated rings.